The molecule has 0 fully saturated rings. The van der Waals surface area contributed by atoms with Gasteiger partial charge in [0.25, 0.3) is 5.91 Å². The third-order valence-electron chi connectivity index (χ3n) is 5.00. The molecule has 1 atom stereocenters. The van der Waals surface area contributed by atoms with Crippen molar-refractivity contribution in [1.82, 2.24) is 20.3 Å². The van der Waals surface area contributed by atoms with Crippen LogP contribution in [0.5, 0.6) is 0 Å². The number of benzene rings is 2. The fourth-order valence-corrected chi connectivity index (χ4v) is 4.11. The summed E-state index contributed by atoms with van der Waals surface area (Å²) >= 11 is 1.62. The second kappa shape index (κ2) is 9.05. The topological polar surface area (TPSA) is 59.8 Å². The lowest BCUT2D eigenvalue weighted by molar-refractivity contribution is 0.0938. The molecule has 0 saturated heterocycles. The van der Waals surface area contributed by atoms with Crippen molar-refractivity contribution in [2.75, 3.05) is 0 Å². The van der Waals surface area contributed by atoms with Gasteiger partial charge in [0.2, 0.25) is 0 Å². The first kappa shape index (κ1) is 20.0. The summed E-state index contributed by atoms with van der Waals surface area (Å²) in [6.45, 7) is 4.92. The molecule has 0 radical (unpaired) electrons. The van der Waals surface area contributed by atoms with Gasteiger partial charge in [0.1, 0.15) is 0 Å². The van der Waals surface area contributed by atoms with Crippen LogP contribution >= 0.6 is 11.3 Å². The molecule has 1 amide bonds. The van der Waals surface area contributed by atoms with E-state index in [9.17, 15) is 4.79 Å². The van der Waals surface area contributed by atoms with Crippen LogP contribution in [0.15, 0.2) is 78.3 Å². The average Bonchev–Trinajstić information content (AvgIpc) is 3.45. The number of rotatable bonds is 7. The van der Waals surface area contributed by atoms with Crippen LogP contribution in [0.25, 0.3) is 0 Å². The molecule has 0 spiro atoms. The highest BCUT2D eigenvalue weighted by Gasteiger charge is 2.21. The van der Waals surface area contributed by atoms with E-state index in [1.165, 1.54) is 5.56 Å². The predicted molar refractivity (Wildman–Crippen MR) is 120 cm³/mol. The van der Waals surface area contributed by atoms with Crippen LogP contribution in [0.3, 0.4) is 0 Å². The zero-order valence-electron chi connectivity index (χ0n) is 17.0. The second-order valence-corrected chi connectivity index (χ2v) is 8.51. The van der Waals surface area contributed by atoms with Crippen molar-refractivity contribution < 1.29 is 4.79 Å². The molecule has 0 bridgehead atoms. The summed E-state index contributed by atoms with van der Waals surface area (Å²) in [7, 11) is 0. The Kier molecular flexibility index (Phi) is 6.05. The van der Waals surface area contributed by atoms with Gasteiger partial charge in [0.15, 0.2) is 5.69 Å². The quantitative estimate of drug-likeness (QED) is 0.460. The number of aromatic nitrogens is 3. The molecular formula is C24H24N4OS. The van der Waals surface area contributed by atoms with Crippen molar-refractivity contribution >= 4 is 17.2 Å². The molecule has 152 valence electrons. The van der Waals surface area contributed by atoms with E-state index in [1.54, 1.807) is 22.2 Å². The van der Waals surface area contributed by atoms with E-state index in [0.29, 0.717) is 18.2 Å². The SMILES string of the molecule is CC(C)c1ccc(C(NC(=O)c2cn(Cc3ccccc3)nn2)c2cccs2)cc1. The van der Waals surface area contributed by atoms with Gasteiger partial charge in [-0.1, -0.05) is 79.7 Å². The second-order valence-electron chi connectivity index (χ2n) is 7.53. The molecule has 1 N–H and O–H groups in total. The lowest BCUT2D eigenvalue weighted by atomic mass is 9.98. The molecular weight excluding hydrogens is 392 g/mol. The van der Waals surface area contributed by atoms with Crippen LogP contribution in [0.1, 0.15) is 57.9 Å². The third-order valence-corrected chi connectivity index (χ3v) is 5.94. The van der Waals surface area contributed by atoms with E-state index in [1.807, 2.05) is 47.8 Å². The molecule has 0 aliphatic carbocycles. The Morgan fingerprint density at radius 1 is 1.00 bits per heavy atom. The number of amides is 1. The molecule has 0 saturated carbocycles. The maximum Gasteiger partial charge on any atom is 0.274 e. The fraction of sp³-hybridized carbons (Fsp3) is 0.208. The van der Waals surface area contributed by atoms with Crippen LogP contribution < -0.4 is 5.32 Å². The van der Waals surface area contributed by atoms with Crippen LogP contribution in [0.2, 0.25) is 0 Å². The monoisotopic (exact) mass is 416 g/mol. The van der Waals surface area contributed by atoms with E-state index < -0.39 is 0 Å². The maximum absolute atomic E-state index is 12.9. The van der Waals surface area contributed by atoms with Crippen molar-refractivity contribution in [2.24, 2.45) is 0 Å². The fourth-order valence-electron chi connectivity index (χ4n) is 3.30. The zero-order valence-corrected chi connectivity index (χ0v) is 17.8. The van der Waals surface area contributed by atoms with Crippen molar-refractivity contribution in [3.8, 4) is 0 Å². The minimum Gasteiger partial charge on any atom is -0.339 e. The predicted octanol–water partition coefficient (Wildman–Crippen LogP) is 5.03. The van der Waals surface area contributed by atoms with Gasteiger partial charge in [-0.05, 0) is 34.1 Å². The molecule has 30 heavy (non-hydrogen) atoms. The molecule has 4 aromatic rings. The molecule has 5 nitrogen and oxygen atoms in total. The average molecular weight is 417 g/mol. The Hall–Kier alpha value is -3.25. The Balaban J connectivity index is 1.52. The van der Waals surface area contributed by atoms with Gasteiger partial charge in [-0.3, -0.25) is 4.79 Å². The standard InChI is InChI=1S/C24H24N4OS/c1-17(2)19-10-12-20(13-11-19)23(22-9-6-14-30-22)25-24(29)21-16-28(27-26-21)15-18-7-4-3-5-8-18/h3-14,16-17,23H,15H2,1-2H3,(H,25,29). The van der Waals surface area contributed by atoms with E-state index in [-0.39, 0.29) is 11.9 Å². The van der Waals surface area contributed by atoms with Gasteiger partial charge in [0, 0.05) is 4.88 Å². The molecule has 6 heteroatoms. The summed E-state index contributed by atoms with van der Waals surface area (Å²) in [6.07, 6.45) is 1.69. The summed E-state index contributed by atoms with van der Waals surface area (Å²) < 4.78 is 1.68. The first-order chi connectivity index (χ1) is 14.6. The number of nitrogens with one attached hydrogen (secondary N) is 1. The van der Waals surface area contributed by atoms with E-state index >= 15 is 0 Å². The molecule has 2 aromatic heterocycles. The van der Waals surface area contributed by atoms with Crippen LogP contribution in [-0.4, -0.2) is 20.9 Å². The van der Waals surface area contributed by atoms with Gasteiger partial charge >= 0.3 is 0 Å². The lowest BCUT2D eigenvalue weighted by Crippen LogP contribution is -2.29. The smallest absolute Gasteiger partial charge is 0.274 e. The first-order valence-electron chi connectivity index (χ1n) is 9.98. The summed E-state index contributed by atoms with van der Waals surface area (Å²) in [4.78, 5) is 14.0. The summed E-state index contributed by atoms with van der Waals surface area (Å²) in [5.41, 5.74) is 3.74. The molecule has 2 heterocycles. The van der Waals surface area contributed by atoms with Gasteiger partial charge in [-0.2, -0.15) is 0 Å². The highest BCUT2D eigenvalue weighted by molar-refractivity contribution is 7.10. The van der Waals surface area contributed by atoms with E-state index in [0.717, 1.165) is 16.0 Å². The number of thiophene rings is 1. The van der Waals surface area contributed by atoms with Crippen LogP contribution in [0, 0.1) is 0 Å². The van der Waals surface area contributed by atoms with Crippen molar-refractivity contribution in [1.29, 1.82) is 0 Å². The number of hydrogen-bond donors (Lipinski definition) is 1. The summed E-state index contributed by atoms with van der Waals surface area (Å²) in [5.74, 6) is 0.231. The van der Waals surface area contributed by atoms with Crippen molar-refractivity contribution in [3.05, 3.63) is 106 Å². The molecule has 1 unspecified atom stereocenters. The lowest BCUT2D eigenvalue weighted by Gasteiger charge is -2.18. The Morgan fingerprint density at radius 3 is 2.40 bits per heavy atom. The summed E-state index contributed by atoms with van der Waals surface area (Å²) in [6, 6.07) is 22.2. The van der Waals surface area contributed by atoms with Crippen LogP contribution in [-0.2, 0) is 6.54 Å². The largest absolute Gasteiger partial charge is 0.339 e. The van der Waals surface area contributed by atoms with Gasteiger partial charge < -0.3 is 5.32 Å². The molecule has 2 aromatic carbocycles. The highest BCUT2D eigenvalue weighted by atomic mass is 32.1. The number of hydrogen-bond acceptors (Lipinski definition) is 4. The van der Waals surface area contributed by atoms with Crippen LogP contribution in [0.4, 0.5) is 0 Å². The Labute approximate surface area is 180 Å². The number of nitrogens with zero attached hydrogens (tertiary/aromatic N) is 3. The molecule has 0 aliphatic rings. The Bertz CT molecular complexity index is 1090. The number of carbonyl (C=O) groups is 1. The van der Waals surface area contributed by atoms with E-state index in [4.69, 9.17) is 0 Å². The van der Waals surface area contributed by atoms with Gasteiger partial charge in [-0.15, -0.1) is 16.4 Å². The van der Waals surface area contributed by atoms with E-state index in [2.05, 4.69) is 53.7 Å². The highest BCUT2D eigenvalue weighted by Crippen LogP contribution is 2.27. The van der Waals surface area contributed by atoms with Gasteiger partial charge in [0.05, 0.1) is 18.8 Å². The minimum absolute atomic E-state index is 0.224. The molecule has 4 rings (SSSR count). The first-order valence-corrected chi connectivity index (χ1v) is 10.9. The maximum atomic E-state index is 12.9. The zero-order chi connectivity index (χ0) is 20.9. The Morgan fingerprint density at radius 2 is 1.73 bits per heavy atom. The minimum atomic E-state index is -0.236. The van der Waals surface area contributed by atoms with Crippen molar-refractivity contribution in [2.45, 2.75) is 32.4 Å². The normalized spacial score (nSPS) is 12.1. The summed E-state index contributed by atoms with van der Waals surface area (Å²) in [5, 5.41) is 13.4. The number of carbonyl (C=O) groups excluding carboxylic acids is 1. The van der Waals surface area contributed by atoms with Crippen molar-refractivity contribution in [3.63, 3.8) is 0 Å². The van der Waals surface area contributed by atoms with Gasteiger partial charge in [-0.25, -0.2) is 4.68 Å². The third kappa shape index (κ3) is 4.66. The molecule has 0 aliphatic heterocycles.